The average Bonchev–Trinajstić information content (AvgIpc) is 2.55. The molecule has 23 heavy (non-hydrogen) atoms. The average molecular weight is 315 g/mol. The van der Waals surface area contributed by atoms with Crippen LogP contribution in [0.2, 0.25) is 0 Å². The van der Waals surface area contributed by atoms with Crippen LogP contribution in [0.25, 0.3) is 22.5 Å². The molecule has 0 aliphatic rings. The standard InChI is InChI=1S/C18H12F3NO/c19-18(20,21)13-10-15(12-6-2-1-3-7-12)22-16(11-13)14-8-4-5-9-17(14)23/h1-11,23H. The predicted molar refractivity (Wildman–Crippen MR) is 81.8 cm³/mol. The number of para-hydroxylation sites is 1. The molecule has 0 fully saturated rings. The van der Waals surface area contributed by atoms with Gasteiger partial charge in [-0.3, -0.25) is 0 Å². The number of pyridine rings is 1. The van der Waals surface area contributed by atoms with E-state index in [1.54, 1.807) is 42.5 Å². The lowest BCUT2D eigenvalue weighted by Gasteiger charge is -2.12. The van der Waals surface area contributed by atoms with Crippen molar-refractivity contribution in [3.63, 3.8) is 0 Å². The van der Waals surface area contributed by atoms with Gasteiger partial charge in [0.25, 0.3) is 0 Å². The van der Waals surface area contributed by atoms with Crippen molar-refractivity contribution >= 4 is 0 Å². The van der Waals surface area contributed by atoms with Gasteiger partial charge in [0, 0.05) is 11.1 Å². The molecular weight excluding hydrogens is 303 g/mol. The van der Waals surface area contributed by atoms with E-state index in [0.717, 1.165) is 12.1 Å². The van der Waals surface area contributed by atoms with Crippen molar-refractivity contribution in [1.29, 1.82) is 0 Å². The van der Waals surface area contributed by atoms with E-state index in [1.807, 2.05) is 0 Å². The van der Waals surface area contributed by atoms with Crippen molar-refractivity contribution in [3.8, 4) is 28.3 Å². The monoisotopic (exact) mass is 315 g/mol. The molecule has 2 aromatic carbocycles. The first kappa shape index (κ1) is 15.1. The van der Waals surface area contributed by atoms with Gasteiger partial charge in [0.15, 0.2) is 0 Å². The Morgan fingerprint density at radius 1 is 0.783 bits per heavy atom. The fourth-order valence-electron chi connectivity index (χ4n) is 2.28. The molecule has 3 aromatic rings. The van der Waals surface area contributed by atoms with Crippen LogP contribution in [0.1, 0.15) is 5.56 Å². The predicted octanol–water partition coefficient (Wildman–Crippen LogP) is 5.14. The van der Waals surface area contributed by atoms with Crippen molar-refractivity contribution in [2.45, 2.75) is 6.18 Å². The van der Waals surface area contributed by atoms with E-state index in [-0.39, 0.29) is 22.7 Å². The van der Waals surface area contributed by atoms with Crippen LogP contribution in [0.3, 0.4) is 0 Å². The molecule has 5 heteroatoms. The number of phenols is 1. The van der Waals surface area contributed by atoms with Gasteiger partial charge in [-0.15, -0.1) is 0 Å². The molecule has 0 amide bonds. The van der Waals surface area contributed by atoms with Gasteiger partial charge in [-0.25, -0.2) is 4.98 Å². The van der Waals surface area contributed by atoms with Crippen LogP contribution in [-0.4, -0.2) is 10.1 Å². The number of rotatable bonds is 2. The smallest absolute Gasteiger partial charge is 0.416 e. The summed E-state index contributed by atoms with van der Waals surface area (Å²) in [5.41, 5.74) is 0.325. The van der Waals surface area contributed by atoms with Crippen molar-refractivity contribution < 1.29 is 18.3 Å². The summed E-state index contributed by atoms with van der Waals surface area (Å²) in [7, 11) is 0. The Morgan fingerprint density at radius 2 is 1.39 bits per heavy atom. The summed E-state index contributed by atoms with van der Waals surface area (Å²) in [5, 5.41) is 9.90. The third kappa shape index (κ3) is 3.18. The lowest BCUT2D eigenvalue weighted by atomic mass is 10.0. The van der Waals surface area contributed by atoms with E-state index in [9.17, 15) is 18.3 Å². The first-order chi connectivity index (χ1) is 10.9. The number of aromatic nitrogens is 1. The van der Waals surface area contributed by atoms with Crippen molar-refractivity contribution in [2.24, 2.45) is 0 Å². The van der Waals surface area contributed by atoms with Gasteiger partial charge in [-0.1, -0.05) is 42.5 Å². The zero-order valence-electron chi connectivity index (χ0n) is 11.9. The molecule has 0 unspecified atom stereocenters. The number of benzene rings is 2. The SMILES string of the molecule is Oc1ccccc1-c1cc(C(F)(F)F)cc(-c2ccccc2)n1. The number of nitrogens with zero attached hydrogens (tertiary/aromatic N) is 1. The van der Waals surface area contributed by atoms with E-state index >= 15 is 0 Å². The Kier molecular flexibility index (Phi) is 3.78. The number of aromatic hydroxyl groups is 1. The van der Waals surface area contributed by atoms with E-state index in [2.05, 4.69) is 4.98 Å². The van der Waals surface area contributed by atoms with Crippen LogP contribution in [-0.2, 0) is 6.18 Å². The number of alkyl halides is 3. The zero-order valence-corrected chi connectivity index (χ0v) is 11.9. The topological polar surface area (TPSA) is 33.1 Å². The van der Waals surface area contributed by atoms with Crippen LogP contribution in [0.4, 0.5) is 13.2 Å². The van der Waals surface area contributed by atoms with Gasteiger partial charge >= 0.3 is 6.18 Å². The highest BCUT2D eigenvalue weighted by Crippen LogP contribution is 2.36. The molecule has 116 valence electrons. The van der Waals surface area contributed by atoms with E-state index < -0.39 is 11.7 Å². The van der Waals surface area contributed by atoms with Crippen LogP contribution in [0, 0.1) is 0 Å². The molecule has 0 radical (unpaired) electrons. The molecule has 0 aliphatic heterocycles. The molecular formula is C18H12F3NO. The van der Waals surface area contributed by atoms with Crippen molar-refractivity contribution in [2.75, 3.05) is 0 Å². The van der Waals surface area contributed by atoms with Gasteiger partial charge in [0.2, 0.25) is 0 Å². The quantitative estimate of drug-likeness (QED) is 0.710. The van der Waals surface area contributed by atoms with Crippen LogP contribution in [0.15, 0.2) is 66.7 Å². The maximum absolute atomic E-state index is 13.2. The first-order valence-electron chi connectivity index (χ1n) is 6.88. The molecule has 0 bridgehead atoms. The highest BCUT2D eigenvalue weighted by atomic mass is 19.4. The van der Waals surface area contributed by atoms with Gasteiger partial charge < -0.3 is 5.11 Å². The van der Waals surface area contributed by atoms with Gasteiger partial charge in [-0.05, 0) is 24.3 Å². The molecule has 0 saturated heterocycles. The molecule has 3 rings (SSSR count). The summed E-state index contributed by atoms with van der Waals surface area (Å²) in [6.07, 6.45) is -4.49. The first-order valence-corrected chi connectivity index (χ1v) is 6.88. The van der Waals surface area contributed by atoms with Gasteiger partial charge in [-0.2, -0.15) is 13.2 Å². The van der Waals surface area contributed by atoms with Crippen LogP contribution in [0.5, 0.6) is 5.75 Å². The zero-order chi connectivity index (χ0) is 16.4. The normalized spacial score (nSPS) is 11.4. The Labute approximate surface area is 130 Å². The van der Waals surface area contributed by atoms with Crippen LogP contribution >= 0.6 is 0 Å². The Hall–Kier alpha value is -2.82. The molecule has 0 spiro atoms. The molecule has 1 heterocycles. The molecule has 1 N–H and O–H groups in total. The van der Waals surface area contributed by atoms with E-state index in [0.29, 0.717) is 5.56 Å². The maximum Gasteiger partial charge on any atom is 0.416 e. The van der Waals surface area contributed by atoms with Gasteiger partial charge in [0.05, 0.1) is 17.0 Å². The summed E-state index contributed by atoms with van der Waals surface area (Å²) in [6, 6.07) is 16.8. The van der Waals surface area contributed by atoms with Crippen molar-refractivity contribution in [3.05, 3.63) is 72.3 Å². The third-order valence-electron chi connectivity index (χ3n) is 3.40. The third-order valence-corrected chi connectivity index (χ3v) is 3.40. The largest absolute Gasteiger partial charge is 0.507 e. The summed E-state index contributed by atoms with van der Waals surface area (Å²) in [6.45, 7) is 0. The number of hydrogen-bond acceptors (Lipinski definition) is 2. The van der Waals surface area contributed by atoms with E-state index in [4.69, 9.17) is 0 Å². The molecule has 0 aliphatic carbocycles. The lowest BCUT2D eigenvalue weighted by molar-refractivity contribution is -0.137. The fourth-order valence-corrected chi connectivity index (χ4v) is 2.28. The Balaban J connectivity index is 2.23. The second kappa shape index (κ2) is 5.76. The van der Waals surface area contributed by atoms with Crippen molar-refractivity contribution in [1.82, 2.24) is 4.98 Å². The minimum atomic E-state index is -4.49. The van der Waals surface area contributed by atoms with Crippen LogP contribution < -0.4 is 0 Å². The summed E-state index contributed by atoms with van der Waals surface area (Å²) in [5.74, 6) is -0.113. The number of hydrogen-bond donors (Lipinski definition) is 1. The highest BCUT2D eigenvalue weighted by Gasteiger charge is 2.32. The molecule has 0 saturated carbocycles. The minimum Gasteiger partial charge on any atom is -0.507 e. The molecule has 0 atom stereocenters. The highest BCUT2D eigenvalue weighted by molar-refractivity contribution is 5.71. The number of halogens is 3. The second-order valence-corrected chi connectivity index (χ2v) is 5.01. The summed E-state index contributed by atoms with van der Waals surface area (Å²) < 4.78 is 39.6. The fraction of sp³-hybridized carbons (Fsp3) is 0.0556. The minimum absolute atomic E-state index is 0.0804. The lowest BCUT2D eigenvalue weighted by Crippen LogP contribution is -2.06. The van der Waals surface area contributed by atoms with Gasteiger partial charge in [0.1, 0.15) is 5.75 Å². The van der Waals surface area contributed by atoms with E-state index in [1.165, 1.54) is 12.1 Å². The second-order valence-electron chi connectivity index (χ2n) is 5.01. The molecule has 1 aromatic heterocycles. The summed E-state index contributed by atoms with van der Waals surface area (Å²) >= 11 is 0. The Bertz CT molecular complexity index is 829. The molecule has 2 nitrogen and oxygen atoms in total. The number of phenolic OH excluding ortho intramolecular Hbond substituents is 1. The maximum atomic E-state index is 13.2. The summed E-state index contributed by atoms with van der Waals surface area (Å²) in [4.78, 5) is 4.29. The Morgan fingerprint density at radius 3 is 2.04 bits per heavy atom.